The first-order valence-electron chi connectivity index (χ1n) is 4.84. The van der Waals surface area contributed by atoms with Gasteiger partial charge in [0.25, 0.3) is 0 Å². The van der Waals surface area contributed by atoms with Crippen molar-refractivity contribution in [3.8, 4) is 0 Å². The lowest BCUT2D eigenvalue weighted by Gasteiger charge is -2.02. The molecule has 0 heterocycles. The number of ether oxygens (including phenoxy) is 1. The van der Waals surface area contributed by atoms with Crippen molar-refractivity contribution in [3.05, 3.63) is 35.6 Å². The Kier molecular flexibility index (Phi) is 6.85. The van der Waals surface area contributed by atoms with E-state index in [1.54, 1.807) is 7.11 Å². The molecule has 0 spiro atoms. The first-order valence-corrected chi connectivity index (χ1v) is 4.84. The van der Waals surface area contributed by atoms with Crippen LogP contribution in [0.15, 0.2) is 35.6 Å². The second-order valence-electron chi connectivity index (χ2n) is 3.38. The number of allylic oxidation sites excluding steroid dienone is 3. The van der Waals surface area contributed by atoms with E-state index in [-0.39, 0.29) is 6.61 Å². The molecule has 0 unspecified atom stereocenters. The van der Waals surface area contributed by atoms with Crippen LogP contribution in [0.1, 0.15) is 20.8 Å². The monoisotopic (exact) mass is 196 g/mol. The minimum absolute atomic E-state index is 0.0317. The molecule has 0 aliphatic rings. The Bertz CT molecular complexity index is 235. The van der Waals surface area contributed by atoms with Gasteiger partial charge in [-0.25, -0.2) is 0 Å². The van der Waals surface area contributed by atoms with Crippen LogP contribution in [0.3, 0.4) is 0 Å². The van der Waals surface area contributed by atoms with Gasteiger partial charge in [0, 0.05) is 0 Å². The van der Waals surface area contributed by atoms with Crippen LogP contribution in [0, 0.1) is 5.92 Å². The highest BCUT2D eigenvalue weighted by molar-refractivity contribution is 5.27. The molecule has 0 aliphatic carbocycles. The third-order valence-corrected chi connectivity index (χ3v) is 1.73. The second kappa shape index (κ2) is 7.39. The Morgan fingerprint density at radius 3 is 2.43 bits per heavy atom. The molecule has 0 fully saturated rings. The summed E-state index contributed by atoms with van der Waals surface area (Å²) >= 11 is 0. The molecule has 0 aliphatic heterocycles. The van der Waals surface area contributed by atoms with E-state index in [4.69, 9.17) is 9.84 Å². The second-order valence-corrected chi connectivity index (χ2v) is 3.38. The van der Waals surface area contributed by atoms with E-state index in [0.29, 0.717) is 5.92 Å². The van der Waals surface area contributed by atoms with Gasteiger partial charge in [-0.3, -0.25) is 0 Å². The molecule has 14 heavy (non-hydrogen) atoms. The van der Waals surface area contributed by atoms with Crippen molar-refractivity contribution < 1.29 is 9.84 Å². The first kappa shape index (κ1) is 13.0. The molecule has 0 saturated heterocycles. The van der Waals surface area contributed by atoms with E-state index in [1.165, 1.54) is 0 Å². The highest BCUT2D eigenvalue weighted by atomic mass is 16.5. The maximum absolute atomic E-state index is 9.08. The lowest BCUT2D eigenvalue weighted by molar-refractivity contribution is 0.302. The normalized spacial score (nSPS) is 14.1. The van der Waals surface area contributed by atoms with E-state index in [1.807, 2.05) is 31.2 Å². The van der Waals surface area contributed by atoms with Crippen molar-refractivity contribution >= 4 is 0 Å². The summed E-state index contributed by atoms with van der Waals surface area (Å²) in [7, 11) is 1.62. The fourth-order valence-corrected chi connectivity index (χ4v) is 0.905. The lowest BCUT2D eigenvalue weighted by atomic mass is 10.1. The Morgan fingerprint density at radius 1 is 1.43 bits per heavy atom. The van der Waals surface area contributed by atoms with Gasteiger partial charge in [0.15, 0.2) is 0 Å². The number of hydrogen-bond donors (Lipinski definition) is 1. The SMILES string of the molecule is C\C=C(/C=C(/C=C\C(C)C)CO)OC. The standard InChI is InChI=1S/C12H20O2/c1-5-12(14-4)8-11(9-13)7-6-10(2)3/h5-8,10,13H,9H2,1-4H3/b7-6-,11-8-,12-5+. The summed E-state index contributed by atoms with van der Waals surface area (Å²) in [5.41, 5.74) is 0.855. The van der Waals surface area contributed by atoms with Gasteiger partial charge in [-0.1, -0.05) is 26.0 Å². The van der Waals surface area contributed by atoms with Crippen LogP contribution in [0.5, 0.6) is 0 Å². The topological polar surface area (TPSA) is 29.5 Å². The lowest BCUT2D eigenvalue weighted by Crippen LogP contribution is -1.91. The zero-order chi connectivity index (χ0) is 11.0. The molecule has 0 aromatic heterocycles. The van der Waals surface area contributed by atoms with Gasteiger partial charge in [-0.05, 0) is 30.6 Å². The van der Waals surface area contributed by atoms with E-state index < -0.39 is 0 Å². The van der Waals surface area contributed by atoms with Gasteiger partial charge in [0.1, 0.15) is 5.76 Å². The average molecular weight is 196 g/mol. The maximum Gasteiger partial charge on any atom is 0.114 e. The van der Waals surface area contributed by atoms with Gasteiger partial charge in [0.2, 0.25) is 0 Å². The molecule has 0 bridgehead atoms. The molecule has 80 valence electrons. The van der Waals surface area contributed by atoms with Gasteiger partial charge in [-0.2, -0.15) is 0 Å². The summed E-state index contributed by atoms with van der Waals surface area (Å²) in [6.45, 7) is 6.12. The van der Waals surface area contributed by atoms with E-state index in [0.717, 1.165) is 11.3 Å². The summed E-state index contributed by atoms with van der Waals surface area (Å²) in [6, 6.07) is 0. The van der Waals surface area contributed by atoms with Crippen LogP contribution in [0.2, 0.25) is 0 Å². The number of methoxy groups -OCH3 is 1. The fourth-order valence-electron chi connectivity index (χ4n) is 0.905. The molecule has 0 saturated carbocycles. The van der Waals surface area contributed by atoms with Gasteiger partial charge in [-0.15, -0.1) is 0 Å². The van der Waals surface area contributed by atoms with Gasteiger partial charge in [0.05, 0.1) is 13.7 Å². The summed E-state index contributed by atoms with van der Waals surface area (Å²) in [5.74, 6) is 1.25. The molecule has 0 rings (SSSR count). The number of aliphatic hydroxyl groups excluding tert-OH is 1. The zero-order valence-electron chi connectivity index (χ0n) is 9.45. The van der Waals surface area contributed by atoms with Crippen molar-refractivity contribution in [2.75, 3.05) is 13.7 Å². The van der Waals surface area contributed by atoms with Gasteiger partial charge >= 0.3 is 0 Å². The third-order valence-electron chi connectivity index (χ3n) is 1.73. The van der Waals surface area contributed by atoms with Crippen molar-refractivity contribution in [3.63, 3.8) is 0 Å². The molecule has 2 heteroatoms. The van der Waals surface area contributed by atoms with Crippen LogP contribution >= 0.6 is 0 Å². The van der Waals surface area contributed by atoms with Crippen LogP contribution in [0.4, 0.5) is 0 Å². The van der Waals surface area contributed by atoms with Crippen molar-refractivity contribution in [1.82, 2.24) is 0 Å². The van der Waals surface area contributed by atoms with Gasteiger partial charge < -0.3 is 9.84 Å². The summed E-state index contributed by atoms with van der Waals surface area (Å²) in [4.78, 5) is 0. The average Bonchev–Trinajstić information content (AvgIpc) is 2.18. The van der Waals surface area contributed by atoms with Crippen molar-refractivity contribution in [1.29, 1.82) is 0 Å². The predicted octanol–water partition coefficient (Wildman–Crippen LogP) is 2.67. The quantitative estimate of drug-likeness (QED) is 0.541. The Balaban J connectivity index is 4.54. The minimum Gasteiger partial charge on any atom is -0.497 e. The van der Waals surface area contributed by atoms with Crippen LogP contribution in [-0.4, -0.2) is 18.8 Å². The molecular weight excluding hydrogens is 176 g/mol. The summed E-state index contributed by atoms with van der Waals surface area (Å²) in [5, 5.41) is 9.08. The molecule has 2 nitrogen and oxygen atoms in total. The van der Waals surface area contributed by atoms with Crippen molar-refractivity contribution in [2.24, 2.45) is 5.92 Å². The first-order chi connectivity index (χ1) is 6.63. The van der Waals surface area contributed by atoms with E-state index in [2.05, 4.69) is 13.8 Å². The van der Waals surface area contributed by atoms with E-state index in [9.17, 15) is 0 Å². The van der Waals surface area contributed by atoms with Crippen LogP contribution in [-0.2, 0) is 4.74 Å². The van der Waals surface area contributed by atoms with Crippen molar-refractivity contribution in [2.45, 2.75) is 20.8 Å². The summed E-state index contributed by atoms with van der Waals surface area (Å²) < 4.78 is 5.08. The molecule has 1 N–H and O–H groups in total. The largest absolute Gasteiger partial charge is 0.497 e. The highest BCUT2D eigenvalue weighted by Gasteiger charge is 1.94. The number of aliphatic hydroxyl groups is 1. The Hall–Kier alpha value is -1.02. The Morgan fingerprint density at radius 2 is 2.07 bits per heavy atom. The molecule has 0 aromatic carbocycles. The molecular formula is C12H20O2. The fraction of sp³-hybridized carbons (Fsp3) is 0.500. The van der Waals surface area contributed by atoms with Crippen LogP contribution < -0.4 is 0 Å². The number of rotatable bonds is 5. The highest BCUT2D eigenvalue weighted by Crippen LogP contribution is 2.06. The zero-order valence-corrected chi connectivity index (χ0v) is 9.45. The summed E-state index contributed by atoms with van der Waals surface area (Å²) in [6.07, 6.45) is 7.66. The third kappa shape index (κ3) is 5.60. The molecule has 0 atom stereocenters. The molecule has 0 amide bonds. The van der Waals surface area contributed by atoms with E-state index >= 15 is 0 Å². The Labute approximate surface area is 86.6 Å². The predicted molar refractivity (Wildman–Crippen MR) is 59.9 cm³/mol. The molecule has 0 radical (unpaired) electrons. The maximum atomic E-state index is 9.08. The minimum atomic E-state index is 0.0317. The van der Waals surface area contributed by atoms with Crippen LogP contribution in [0.25, 0.3) is 0 Å². The smallest absolute Gasteiger partial charge is 0.114 e. The molecule has 0 aromatic rings. The number of hydrogen-bond acceptors (Lipinski definition) is 2.